The molecule has 0 atom stereocenters. The van der Waals surface area contributed by atoms with Gasteiger partial charge in [-0.1, -0.05) is 0 Å². The number of imide groups is 1. The van der Waals surface area contributed by atoms with E-state index in [2.05, 4.69) is 0 Å². The van der Waals surface area contributed by atoms with Gasteiger partial charge in [-0.05, 0) is 0 Å². The zero-order chi connectivity index (χ0) is 10.0. The Kier molecular flexibility index (Phi) is 2.50. The minimum Gasteiger partial charge on any atom is -0.480 e. The maximum atomic E-state index is 11.2. The Bertz CT molecular complexity index is 263. The van der Waals surface area contributed by atoms with E-state index < -0.39 is 24.5 Å². The molecule has 0 radical (unpaired) electrons. The largest absolute Gasteiger partial charge is 0.480 e. The van der Waals surface area contributed by atoms with E-state index >= 15 is 0 Å². The number of rotatable bonds is 2. The summed E-state index contributed by atoms with van der Waals surface area (Å²) in [5.74, 6) is -1.61. The van der Waals surface area contributed by atoms with Gasteiger partial charge in [0.15, 0.2) is 0 Å². The molecule has 1 aliphatic heterocycles. The van der Waals surface area contributed by atoms with E-state index in [-0.39, 0.29) is 6.42 Å². The number of carboxylic acid groups (broad SMARTS) is 1. The number of hydrogen-bond acceptors (Lipinski definition) is 3. The number of carbonyl (C=O) groups excluding carboxylic acids is 2. The predicted octanol–water partition coefficient (Wildman–Crippen LogP) is -0.645. The van der Waals surface area contributed by atoms with Gasteiger partial charge in [-0.15, -0.1) is 0 Å². The Morgan fingerprint density at radius 3 is 2.69 bits per heavy atom. The number of amides is 3. The van der Waals surface area contributed by atoms with Crippen LogP contribution in [0.1, 0.15) is 6.42 Å². The fourth-order valence-electron chi connectivity index (χ4n) is 1.10. The molecule has 6 nitrogen and oxygen atoms in total. The van der Waals surface area contributed by atoms with Crippen molar-refractivity contribution in [3.63, 3.8) is 0 Å². The maximum Gasteiger partial charge on any atom is 0.326 e. The summed E-state index contributed by atoms with van der Waals surface area (Å²) in [4.78, 5) is 34.7. The summed E-state index contributed by atoms with van der Waals surface area (Å²) in [7, 11) is 1.53. The molecule has 0 unspecified atom stereocenters. The lowest BCUT2D eigenvalue weighted by molar-refractivity contribution is -0.143. The molecule has 0 spiro atoms. The van der Waals surface area contributed by atoms with Crippen LogP contribution >= 0.6 is 0 Å². The third kappa shape index (κ3) is 1.95. The zero-order valence-corrected chi connectivity index (χ0v) is 7.19. The normalized spacial score (nSPS) is 17.9. The van der Waals surface area contributed by atoms with Gasteiger partial charge >= 0.3 is 12.0 Å². The van der Waals surface area contributed by atoms with Crippen molar-refractivity contribution in [1.82, 2.24) is 9.80 Å². The van der Waals surface area contributed by atoms with Crippen molar-refractivity contribution in [2.75, 3.05) is 20.1 Å². The average Bonchev–Trinajstić information content (AvgIpc) is 2.05. The van der Waals surface area contributed by atoms with Crippen molar-refractivity contribution < 1.29 is 19.5 Å². The van der Waals surface area contributed by atoms with E-state index in [9.17, 15) is 14.4 Å². The number of carbonyl (C=O) groups is 3. The molecule has 0 aliphatic carbocycles. The van der Waals surface area contributed by atoms with Gasteiger partial charge in [0.05, 0.1) is 0 Å². The highest BCUT2D eigenvalue weighted by molar-refractivity contribution is 5.99. The maximum absolute atomic E-state index is 11.2. The van der Waals surface area contributed by atoms with Crippen LogP contribution in [-0.4, -0.2) is 53.0 Å². The Morgan fingerprint density at radius 2 is 2.15 bits per heavy atom. The van der Waals surface area contributed by atoms with Crippen LogP contribution in [0.2, 0.25) is 0 Å². The van der Waals surface area contributed by atoms with Crippen LogP contribution in [0.5, 0.6) is 0 Å². The molecule has 0 aromatic heterocycles. The minimum absolute atomic E-state index is 0.190. The molecule has 0 saturated carbocycles. The van der Waals surface area contributed by atoms with Gasteiger partial charge in [-0.25, -0.2) is 4.79 Å². The van der Waals surface area contributed by atoms with Crippen LogP contribution in [-0.2, 0) is 9.59 Å². The molecule has 0 aromatic carbocycles. The molecular formula is C7H10N2O4. The second-order valence-corrected chi connectivity index (χ2v) is 2.83. The van der Waals surface area contributed by atoms with Crippen LogP contribution in [0, 0.1) is 0 Å². The summed E-state index contributed by atoms with van der Waals surface area (Å²) in [5, 5.41) is 8.42. The third-order valence-electron chi connectivity index (χ3n) is 1.81. The number of urea groups is 1. The second kappa shape index (κ2) is 3.42. The molecule has 6 heteroatoms. The summed E-state index contributed by atoms with van der Waals surface area (Å²) in [5.41, 5.74) is 0. The first-order valence-electron chi connectivity index (χ1n) is 3.79. The fraction of sp³-hybridized carbons (Fsp3) is 0.571. The quantitative estimate of drug-likeness (QED) is 0.621. The average molecular weight is 186 g/mol. The summed E-state index contributed by atoms with van der Waals surface area (Å²) in [6.45, 7) is -0.199. The number of hydrogen-bond donors (Lipinski definition) is 1. The SMILES string of the molecule is CN1CCC(=O)N(CC(=O)O)C1=O. The monoisotopic (exact) mass is 186 g/mol. The van der Waals surface area contributed by atoms with E-state index in [1.54, 1.807) is 0 Å². The molecule has 3 amide bonds. The molecule has 1 heterocycles. The van der Waals surface area contributed by atoms with E-state index in [1.807, 2.05) is 0 Å². The van der Waals surface area contributed by atoms with Gasteiger partial charge in [0.2, 0.25) is 5.91 Å². The highest BCUT2D eigenvalue weighted by atomic mass is 16.4. The van der Waals surface area contributed by atoms with Crippen molar-refractivity contribution in [2.45, 2.75) is 6.42 Å². The van der Waals surface area contributed by atoms with Gasteiger partial charge < -0.3 is 10.0 Å². The van der Waals surface area contributed by atoms with Crippen LogP contribution in [0.25, 0.3) is 0 Å². The number of nitrogens with zero attached hydrogens (tertiary/aromatic N) is 2. The summed E-state index contributed by atoms with van der Waals surface area (Å²) < 4.78 is 0. The second-order valence-electron chi connectivity index (χ2n) is 2.83. The summed E-state index contributed by atoms with van der Waals surface area (Å²) >= 11 is 0. The fourth-order valence-corrected chi connectivity index (χ4v) is 1.10. The van der Waals surface area contributed by atoms with Crippen LogP contribution in [0.3, 0.4) is 0 Å². The topological polar surface area (TPSA) is 77.9 Å². The van der Waals surface area contributed by atoms with Gasteiger partial charge in [0.1, 0.15) is 6.54 Å². The van der Waals surface area contributed by atoms with Crippen molar-refractivity contribution >= 4 is 17.9 Å². The predicted molar refractivity (Wildman–Crippen MR) is 42.0 cm³/mol. The molecule has 72 valence electrons. The Morgan fingerprint density at radius 1 is 1.54 bits per heavy atom. The molecule has 1 N–H and O–H groups in total. The molecule has 1 aliphatic rings. The first kappa shape index (κ1) is 9.50. The number of aliphatic carboxylic acids is 1. The lowest BCUT2D eigenvalue weighted by Gasteiger charge is -2.30. The van der Waals surface area contributed by atoms with Crippen molar-refractivity contribution in [3.05, 3.63) is 0 Å². The highest BCUT2D eigenvalue weighted by Crippen LogP contribution is 2.07. The van der Waals surface area contributed by atoms with Gasteiger partial charge in [-0.3, -0.25) is 14.5 Å². The first-order chi connectivity index (χ1) is 6.02. The number of carboxylic acids is 1. The molecule has 1 fully saturated rings. The van der Waals surface area contributed by atoms with E-state index in [1.165, 1.54) is 11.9 Å². The minimum atomic E-state index is -1.18. The Labute approximate surface area is 74.7 Å². The van der Waals surface area contributed by atoms with Crippen LogP contribution < -0.4 is 0 Å². The molecule has 0 aromatic rings. The van der Waals surface area contributed by atoms with E-state index in [0.29, 0.717) is 6.54 Å². The van der Waals surface area contributed by atoms with Gasteiger partial charge in [0, 0.05) is 20.0 Å². The standard InChI is InChI=1S/C7H10N2O4/c1-8-3-2-5(10)9(7(8)13)4-6(11)12/h2-4H2,1H3,(H,11,12). The molecule has 1 rings (SSSR count). The van der Waals surface area contributed by atoms with Crippen molar-refractivity contribution in [2.24, 2.45) is 0 Å². The van der Waals surface area contributed by atoms with E-state index in [0.717, 1.165) is 4.90 Å². The zero-order valence-electron chi connectivity index (χ0n) is 7.19. The molecular weight excluding hydrogens is 176 g/mol. The van der Waals surface area contributed by atoms with Gasteiger partial charge in [0.25, 0.3) is 0 Å². The first-order valence-corrected chi connectivity index (χ1v) is 3.79. The lowest BCUT2D eigenvalue weighted by atomic mass is 10.3. The van der Waals surface area contributed by atoms with Crippen molar-refractivity contribution in [3.8, 4) is 0 Å². The summed E-state index contributed by atoms with van der Waals surface area (Å²) in [6.07, 6.45) is 0.190. The van der Waals surface area contributed by atoms with Gasteiger partial charge in [-0.2, -0.15) is 0 Å². The van der Waals surface area contributed by atoms with E-state index in [4.69, 9.17) is 5.11 Å². The highest BCUT2D eigenvalue weighted by Gasteiger charge is 2.30. The summed E-state index contributed by atoms with van der Waals surface area (Å²) in [6, 6.07) is -0.543. The third-order valence-corrected chi connectivity index (χ3v) is 1.81. The molecule has 1 saturated heterocycles. The van der Waals surface area contributed by atoms with Crippen LogP contribution in [0.15, 0.2) is 0 Å². The lowest BCUT2D eigenvalue weighted by Crippen LogP contribution is -2.52. The Hall–Kier alpha value is -1.59. The smallest absolute Gasteiger partial charge is 0.326 e. The Balaban J connectivity index is 2.72. The van der Waals surface area contributed by atoms with Crippen LogP contribution in [0.4, 0.5) is 4.79 Å². The van der Waals surface area contributed by atoms with Crippen molar-refractivity contribution in [1.29, 1.82) is 0 Å². The molecule has 13 heavy (non-hydrogen) atoms. The molecule has 0 bridgehead atoms.